The lowest BCUT2D eigenvalue weighted by Gasteiger charge is -2.40. The first-order valence-electron chi connectivity index (χ1n) is 6.36. The van der Waals surface area contributed by atoms with Gasteiger partial charge in [0.1, 0.15) is 0 Å². The van der Waals surface area contributed by atoms with Crippen LogP contribution in [-0.2, 0) is 15.7 Å². The Morgan fingerprint density at radius 3 is 2.56 bits per heavy atom. The monoisotopic (exact) mass is 245 g/mol. The maximum absolute atomic E-state index is 10.7. The molecule has 0 bridgehead atoms. The summed E-state index contributed by atoms with van der Waals surface area (Å²) >= 11 is 0. The minimum absolute atomic E-state index is 0.0743. The molecule has 0 radical (unpaired) electrons. The minimum Gasteiger partial charge on any atom is -0.395 e. The molecule has 0 heterocycles. The van der Waals surface area contributed by atoms with Crippen LogP contribution in [0.2, 0.25) is 0 Å². The molecule has 1 aliphatic rings. The average molecular weight is 245 g/mol. The molecule has 0 atom stereocenters. The van der Waals surface area contributed by atoms with Gasteiger partial charge in [0.2, 0.25) is 6.08 Å². The van der Waals surface area contributed by atoms with Gasteiger partial charge in [0.15, 0.2) is 0 Å². The molecule has 0 amide bonds. The fourth-order valence-electron chi connectivity index (χ4n) is 2.60. The van der Waals surface area contributed by atoms with Crippen molar-refractivity contribution in [1.82, 2.24) is 0 Å². The molecule has 96 valence electrons. The Bertz CT molecular complexity index is 483. The molecule has 1 aromatic rings. The third kappa shape index (κ3) is 2.00. The molecule has 0 spiro atoms. The van der Waals surface area contributed by atoms with Crippen LogP contribution in [0.5, 0.6) is 0 Å². The first-order valence-corrected chi connectivity index (χ1v) is 6.36. The van der Waals surface area contributed by atoms with Gasteiger partial charge in [-0.05, 0) is 30.4 Å². The predicted molar refractivity (Wildman–Crippen MR) is 70.2 cm³/mol. The molecule has 3 heteroatoms. The van der Waals surface area contributed by atoms with Crippen molar-refractivity contribution >= 4 is 6.08 Å². The summed E-state index contributed by atoms with van der Waals surface area (Å²) in [7, 11) is 0. The van der Waals surface area contributed by atoms with Crippen molar-refractivity contribution in [3.8, 4) is 0 Å². The van der Waals surface area contributed by atoms with Gasteiger partial charge in [-0.3, -0.25) is 0 Å². The summed E-state index contributed by atoms with van der Waals surface area (Å²) < 4.78 is 0. The molecule has 1 aromatic carbocycles. The third-order valence-corrected chi connectivity index (χ3v) is 3.99. The van der Waals surface area contributed by atoms with E-state index in [9.17, 15) is 9.90 Å². The van der Waals surface area contributed by atoms with Crippen LogP contribution in [0.25, 0.3) is 0 Å². The van der Waals surface area contributed by atoms with E-state index in [1.807, 2.05) is 38.1 Å². The summed E-state index contributed by atoms with van der Waals surface area (Å²) in [5.41, 5.74) is 1.42. The van der Waals surface area contributed by atoms with E-state index in [4.69, 9.17) is 0 Å². The van der Waals surface area contributed by atoms with Gasteiger partial charge in [0, 0.05) is 5.41 Å². The maximum Gasteiger partial charge on any atom is 0.235 e. The van der Waals surface area contributed by atoms with Gasteiger partial charge in [-0.15, -0.1) is 0 Å². The molecular formula is C15H19NO2. The van der Waals surface area contributed by atoms with Crippen LogP contribution >= 0.6 is 0 Å². The Hall–Kier alpha value is -1.44. The minimum atomic E-state index is -0.398. The van der Waals surface area contributed by atoms with Crippen LogP contribution in [-0.4, -0.2) is 17.8 Å². The van der Waals surface area contributed by atoms with Crippen LogP contribution in [0, 0.1) is 0 Å². The summed E-state index contributed by atoms with van der Waals surface area (Å²) in [6.45, 7) is 4.08. The topological polar surface area (TPSA) is 49.7 Å². The lowest BCUT2D eigenvalue weighted by molar-refractivity contribution is 0.208. The van der Waals surface area contributed by atoms with Crippen LogP contribution in [0.4, 0.5) is 0 Å². The largest absolute Gasteiger partial charge is 0.395 e. The second-order valence-electron chi connectivity index (χ2n) is 5.68. The number of aliphatic imine (C=N–C) groups is 1. The van der Waals surface area contributed by atoms with E-state index in [0.717, 1.165) is 30.4 Å². The fourth-order valence-corrected chi connectivity index (χ4v) is 2.60. The zero-order valence-electron chi connectivity index (χ0n) is 10.9. The van der Waals surface area contributed by atoms with Crippen LogP contribution in [0.1, 0.15) is 44.2 Å². The predicted octanol–water partition coefficient (Wildman–Crippen LogP) is 2.67. The van der Waals surface area contributed by atoms with E-state index in [2.05, 4.69) is 4.99 Å². The molecule has 1 aliphatic carbocycles. The van der Waals surface area contributed by atoms with Crippen molar-refractivity contribution in [1.29, 1.82) is 0 Å². The van der Waals surface area contributed by atoms with Crippen molar-refractivity contribution in [2.24, 2.45) is 4.99 Å². The number of benzene rings is 1. The number of hydrogen-bond donors (Lipinski definition) is 1. The highest BCUT2D eigenvalue weighted by atomic mass is 16.3. The van der Waals surface area contributed by atoms with Crippen LogP contribution < -0.4 is 0 Å². The zero-order valence-corrected chi connectivity index (χ0v) is 10.9. The van der Waals surface area contributed by atoms with E-state index >= 15 is 0 Å². The molecule has 0 aromatic heterocycles. The Labute approximate surface area is 108 Å². The van der Waals surface area contributed by atoms with Gasteiger partial charge >= 0.3 is 0 Å². The SMILES string of the molecule is CC(C)(CO)c1ccccc1C1(N=C=O)CCC1. The van der Waals surface area contributed by atoms with Gasteiger partial charge < -0.3 is 5.11 Å². The first kappa shape index (κ1) is 13.0. The number of rotatable bonds is 4. The number of hydrogen-bond acceptors (Lipinski definition) is 3. The summed E-state index contributed by atoms with van der Waals surface area (Å²) in [5.74, 6) is 0. The molecule has 0 unspecified atom stereocenters. The number of carbonyl (C=O) groups excluding carboxylic acids is 1. The second-order valence-corrected chi connectivity index (χ2v) is 5.68. The molecule has 3 nitrogen and oxygen atoms in total. The summed E-state index contributed by atoms with van der Waals surface area (Å²) in [6, 6.07) is 7.97. The van der Waals surface area contributed by atoms with Crippen molar-refractivity contribution < 1.29 is 9.90 Å². The van der Waals surface area contributed by atoms with Crippen LogP contribution in [0.15, 0.2) is 29.3 Å². The summed E-state index contributed by atoms with van der Waals surface area (Å²) in [4.78, 5) is 14.7. The van der Waals surface area contributed by atoms with Crippen molar-refractivity contribution in [2.75, 3.05) is 6.61 Å². The Morgan fingerprint density at radius 2 is 2.06 bits per heavy atom. The third-order valence-electron chi connectivity index (χ3n) is 3.99. The van der Waals surface area contributed by atoms with E-state index in [-0.39, 0.29) is 12.0 Å². The highest BCUT2D eigenvalue weighted by Gasteiger charge is 2.42. The summed E-state index contributed by atoms with van der Waals surface area (Å²) in [5, 5.41) is 9.55. The number of nitrogens with zero attached hydrogens (tertiary/aromatic N) is 1. The molecule has 1 fully saturated rings. The van der Waals surface area contributed by atoms with Gasteiger partial charge in [0.05, 0.1) is 12.1 Å². The van der Waals surface area contributed by atoms with E-state index in [0.29, 0.717) is 0 Å². The molecular weight excluding hydrogens is 226 g/mol. The second kappa shape index (κ2) is 4.68. The van der Waals surface area contributed by atoms with E-state index in [1.165, 1.54) is 0 Å². The van der Waals surface area contributed by atoms with Gasteiger partial charge in [-0.2, -0.15) is 4.99 Å². The highest BCUT2D eigenvalue weighted by Crippen LogP contribution is 2.47. The Morgan fingerprint density at radius 1 is 1.39 bits per heavy atom. The quantitative estimate of drug-likeness (QED) is 0.655. The first-order chi connectivity index (χ1) is 8.56. The number of aliphatic hydroxyl groups excluding tert-OH is 1. The zero-order chi connectivity index (χ0) is 13.2. The van der Waals surface area contributed by atoms with Crippen molar-refractivity contribution in [3.05, 3.63) is 35.4 Å². The van der Waals surface area contributed by atoms with Gasteiger partial charge in [-0.1, -0.05) is 38.1 Å². The standard InChI is InChI=1S/C15H19NO2/c1-14(2,10-17)12-6-3-4-7-13(12)15(16-11-18)8-5-9-15/h3-4,6-7,17H,5,8-10H2,1-2H3. The van der Waals surface area contributed by atoms with E-state index in [1.54, 1.807) is 6.08 Å². The van der Waals surface area contributed by atoms with Crippen LogP contribution in [0.3, 0.4) is 0 Å². The van der Waals surface area contributed by atoms with E-state index < -0.39 is 5.54 Å². The normalized spacial score (nSPS) is 17.7. The van der Waals surface area contributed by atoms with Crippen molar-refractivity contribution in [2.45, 2.75) is 44.1 Å². The highest BCUT2D eigenvalue weighted by molar-refractivity contribution is 5.44. The molecule has 0 aliphatic heterocycles. The lowest BCUT2D eigenvalue weighted by Crippen LogP contribution is -2.36. The average Bonchev–Trinajstić information content (AvgIpc) is 2.34. The number of isocyanates is 1. The lowest BCUT2D eigenvalue weighted by atomic mass is 9.67. The Kier molecular flexibility index (Phi) is 3.38. The molecule has 1 N–H and O–H groups in total. The molecule has 2 rings (SSSR count). The molecule has 18 heavy (non-hydrogen) atoms. The van der Waals surface area contributed by atoms with Gasteiger partial charge in [0.25, 0.3) is 0 Å². The maximum atomic E-state index is 10.7. The smallest absolute Gasteiger partial charge is 0.235 e. The van der Waals surface area contributed by atoms with Crippen molar-refractivity contribution in [3.63, 3.8) is 0 Å². The molecule has 1 saturated carbocycles. The Balaban J connectivity index is 2.54. The van der Waals surface area contributed by atoms with Gasteiger partial charge in [-0.25, -0.2) is 4.79 Å². The summed E-state index contributed by atoms with van der Waals surface area (Å²) in [6.07, 6.45) is 4.58. The fraction of sp³-hybridized carbons (Fsp3) is 0.533. The molecule has 0 saturated heterocycles. The number of aliphatic hydroxyl groups is 1.